The van der Waals surface area contributed by atoms with Crippen molar-refractivity contribution in [2.45, 2.75) is 64.8 Å². The number of rotatable bonds is 10. The lowest BCUT2D eigenvalue weighted by molar-refractivity contribution is 0.565. The van der Waals surface area contributed by atoms with Gasteiger partial charge in [-0.2, -0.15) is 0 Å². The molecule has 0 radical (unpaired) electrons. The van der Waals surface area contributed by atoms with Crippen LogP contribution in [-0.2, 0) is 13.0 Å². The summed E-state index contributed by atoms with van der Waals surface area (Å²) in [5.74, 6) is 0. The molecule has 2 rings (SSSR count). The van der Waals surface area contributed by atoms with Gasteiger partial charge in [-0.25, -0.2) is 0 Å². The van der Waals surface area contributed by atoms with Crippen molar-refractivity contribution in [1.82, 2.24) is 4.57 Å². The molecule has 3 heteroatoms. The van der Waals surface area contributed by atoms with E-state index in [4.69, 9.17) is 5.73 Å². The Balaban J connectivity index is 2.02. The molecule has 1 heterocycles. The minimum atomic E-state index is 0.762. The first-order valence-electron chi connectivity index (χ1n) is 8.73. The molecule has 2 nitrogen and oxygen atoms in total. The molecule has 0 aliphatic rings. The molecule has 0 saturated carbocycles. The van der Waals surface area contributed by atoms with Crippen molar-refractivity contribution in [1.29, 1.82) is 0 Å². The van der Waals surface area contributed by atoms with Crippen LogP contribution in [0, 0.1) is 0 Å². The third-order valence-corrected chi connectivity index (χ3v) is 4.82. The molecule has 2 aromatic rings. The largest absolute Gasteiger partial charge is 0.347 e. The number of halogens is 1. The Morgan fingerprint density at radius 1 is 1.05 bits per heavy atom. The van der Waals surface area contributed by atoms with E-state index in [0.717, 1.165) is 30.4 Å². The van der Waals surface area contributed by atoms with Crippen LogP contribution in [0.3, 0.4) is 0 Å². The zero-order valence-electron chi connectivity index (χ0n) is 13.8. The average molecular weight is 365 g/mol. The molecule has 122 valence electrons. The van der Waals surface area contributed by atoms with Crippen molar-refractivity contribution in [2.75, 3.05) is 6.54 Å². The van der Waals surface area contributed by atoms with Crippen molar-refractivity contribution in [2.24, 2.45) is 5.73 Å². The molecule has 0 atom stereocenters. The second-order valence-electron chi connectivity index (χ2n) is 6.17. The highest BCUT2D eigenvalue weighted by atomic mass is 79.9. The van der Waals surface area contributed by atoms with Crippen molar-refractivity contribution in [3.63, 3.8) is 0 Å². The van der Waals surface area contributed by atoms with E-state index >= 15 is 0 Å². The Hall–Kier alpha value is -0.800. The van der Waals surface area contributed by atoms with E-state index in [1.165, 1.54) is 55.0 Å². The number of hydrogen-bond acceptors (Lipinski definition) is 1. The van der Waals surface area contributed by atoms with E-state index in [0.29, 0.717) is 0 Å². The molecule has 0 amide bonds. The van der Waals surface area contributed by atoms with Crippen LogP contribution in [0.5, 0.6) is 0 Å². The fourth-order valence-electron chi connectivity index (χ4n) is 3.08. The number of unbranched alkanes of at least 4 members (excludes halogenated alkanes) is 5. The first kappa shape index (κ1) is 17.6. The molecule has 0 fully saturated rings. The lowest BCUT2D eigenvalue weighted by Gasteiger charge is -2.05. The van der Waals surface area contributed by atoms with Gasteiger partial charge in [0.25, 0.3) is 0 Å². The molecule has 2 N–H and O–H groups in total. The number of nitrogens with two attached hydrogens (primary N) is 1. The maximum atomic E-state index is 5.68. The molecule has 0 aliphatic heterocycles. The lowest BCUT2D eigenvalue weighted by Crippen LogP contribution is -2.00. The monoisotopic (exact) mass is 364 g/mol. The third-order valence-electron chi connectivity index (χ3n) is 4.33. The summed E-state index contributed by atoms with van der Waals surface area (Å²) in [6.45, 7) is 4.16. The van der Waals surface area contributed by atoms with Gasteiger partial charge in [0.1, 0.15) is 0 Å². The molecule has 0 bridgehead atoms. The summed E-state index contributed by atoms with van der Waals surface area (Å²) < 4.78 is 3.60. The predicted molar refractivity (Wildman–Crippen MR) is 100 cm³/mol. The van der Waals surface area contributed by atoms with E-state index in [2.05, 4.69) is 51.8 Å². The molecule has 1 aromatic heterocycles. The summed E-state index contributed by atoms with van der Waals surface area (Å²) >= 11 is 3.60. The summed E-state index contributed by atoms with van der Waals surface area (Å²) in [5.41, 5.74) is 8.48. The summed E-state index contributed by atoms with van der Waals surface area (Å²) in [4.78, 5) is 0. The first-order chi connectivity index (χ1) is 10.8. The van der Waals surface area contributed by atoms with Crippen molar-refractivity contribution in [3.05, 3.63) is 34.4 Å². The van der Waals surface area contributed by atoms with Gasteiger partial charge in [-0.3, -0.25) is 0 Å². The van der Waals surface area contributed by atoms with Gasteiger partial charge in [-0.15, -0.1) is 0 Å². The first-order valence-corrected chi connectivity index (χ1v) is 9.53. The zero-order chi connectivity index (χ0) is 15.8. The fourth-order valence-corrected chi connectivity index (χ4v) is 3.44. The maximum absolute atomic E-state index is 5.68. The lowest BCUT2D eigenvalue weighted by atomic mass is 10.1. The summed E-state index contributed by atoms with van der Waals surface area (Å²) in [5, 5.41) is 1.38. The van der Waals surface area contributed by atoms with Gasteiger partial charge >= 0.3 is 0 Å². The van der Waals surface area contributed by atoms with Gasteiger partial charge in [0, 0.05) is 28.1 Å². The van der Waals surface area contributed by atoms with Crippen LogP contribution >= 0.6 is 15.9 Å². The molecule has 0 unspecified atom stereocenters. The topological polar surface area (TPSA) is 30.9 Å². The Morgan fingerprint density at radius 3 is 2.59 bits per heavy atom. The second kappa shape index (κ2) is 9.36. The highest BCUT2D eigenvalue weighted by Crippen LogP contribution is 2.26. The van der Waals surface area contributed by atoms with Gasteiger partial charge in [-0.1, -0.05) is 55.0 Å². The van der Waals surface area contributed by atoms with E-state index in [1.54, 1.807) is 0 Å². The second-order valence-corrected chi connectivity index (χ2v) is 7.08. The molecular formula is C19H29BrN2. The Morgan fingerprint density at radius 2 is 1.82 bits per heavy atom. The minimum absolute atomic E-state index is 0.762. The normalized spacial score (nSPS) is 11.4. The van der Waals surface area contributed by atoms with Crippen LogP contribution in [-0.4, -0.2) is 11.1 Å². The summed E-state index contributed by atoms with van der Waals surface area (Å²) in [7, 11) is 0. The maximum Gasteiger partial charge on any atom is 0.0483 e. The van der Waals surface area contributed by atoms with Crippen LogP contribution in [0.1, 0.15) is 57.4 Å². The Bertz CT molecular complexity index is 574. The van der Waals surface area contributed by atoms with Crippen LogP contribution in [0.25, 0.3) is 10.9 Å². The zero-order valence-corrected chi connectivity index (χ0v) is 15.4. The standard InChI is InChI=1S/C19H29BrN2/c1-2-3-4-5-6-7-13-22-15-16(9-8-12-21)18-14-17(20)10-11-19(18)22/h10-11,14-15H,2-9,12-13,21H2,1H3. The summed E-state index contributed by atoms with van der Waals surface area (Å²) in [6, 6.07) is 6.63. The smallest absolute Gasteiger partial charge is 0.0483 e. The third kappa shape index (κ3) is 4.85. The van der Waals surface area contributed by atoms with Crippen LogP contribution in [0.4, 0.5) is 0 Å². The van der Waals surface area contributed by atoms with Gasteiger partial charge < -0.3 is 10.3 Å². The van der Waals surface area contributed by atoms with E-state index in [1.807, 2.05) is 0 Å². The van der Waals surface area contributed by atoms with E-state index in [-0.39, 0.29) is 0 Å². The molecule has 1 aromatic carbocycles. The Kier molecular flexibility index (Phi) is 7.47. The number of benzene rings is 1. The van der Waals surface area contributed by atoms with Crippen molar-refractivity contribution >= 4 is 26.8 Å². The van der Waals surface area contributed by atoms with Crippen molar-refractivity contribution in [3.8, 4) is 0 Å². The van der Waals surface area contributed by atoms with Gasteiger partial charge in [-0.05, 0) is 49.6 Å². The van der Waals surface area contributed by atoms with Crippen LogP contribution < -0.4 is 5.73 Å². The van der Waals surface area contributed by atoms with E-state index < -0.39 is 0 Å². The number of fused-ring (bicyclic) bond motifs is 1. The highest BCUT2D eigenvalue weighted by Gasteiger charge is 2.08. The minimum Gasteiger partial charge on any atom is -0.347 e. The SMILES string of the molecule is CCCCCCCCn1cc(CCCN)c2cc(Br)ccc21. The average Bonchev–Trinajstić information content (AvgIpc) is 2.86. The molecular weight excluding hydrogens is 336 g/mol. The van der Waals surface area contributed by atoms with Crippen LogP contribution in [0.15, 0.2) is 28.9 Å². The Labute approximate surface area is 143 Å². The quantitative estimate of drug-likeness (QED) is 0.542. The van der Waals surface area contributed by atoms with Gasteiger partial charge in [0.05, 0.1) is 0 Å². The summed E-state index contributed by atoms with van der Waals surface area (Å²) in [6.07, 6.45) is 12.6. The predicted octanol–water partition coefficient (Wildman–Crippen LogP) is 5.66. The highest BCUT2D eigenvalue weighted by molar-refractivity contribution is 9.10. The number of aromatic nitrogens is 1. The fraction of sp³-hybridized carbons (Fsp3) is 0.579. The molecule has 0 spiro atoms. The molecule has 0 saturated heterocycles. The molecule has 0 aliphatic carbocycles. The van der Waals surface area contributed by atoms with Crippen molar-refractivity contribution < 1.29 is 0 Å². The number of hydrogen-bond donors (Lipinski definition) is 1. The number of aryl methyl sites for hydroxylation is 2. The number of nitrogens with zero attached hydrogens (tertiary/aromatic N) is 1. The molecule has 22 heavy (non-hydrogen) atoms. The van der Waals surface area contributed by atoms with E-state index in [9.17, 15) is 0 Å². The van der Waals surface area contributed by atoms with Gasteiger partial charge in [0.2, 0.25) is 0 Å². The van der Waals surface area contributed by atoms with Crippen LogP contribution in [0.2, 0.25) is 0 Å². The van der Waals surface area contributed by atoms with Gasteiger partial charge in [0.15, 0.2) is 0 Å².